The fourth-order valence-corrected chi connectivity index (χ4v) is 2.06. The third kappa shape index (κ3) is 3.47. The maximum absolute atomic E-state index is 11.3. The van der Waals surface area contributed by atoms with E-state index in [1.165, 1.54) is 11.1 Å². The summed E-state index contributed by atoms with van der Waals surface area (Å²) in [6.07, 6.45) is 1.08. The number of amides is 2. The predicted octanol–water partition coefficient (Wildman–Crippen LogP) is 1.36. The lowest BCUT2D eigenvalue weighted by Crippen LogP contribution is -2.34. The van der Waals surface area contributed by atoms with Gasteiger partial charge in [-0.3, -0.25) is 0 Å². The third-order valence-electron chi connectivity index (χ3n) is 3.26. The molecule has 0 unspecified atom stereocenters. The average Bonchev–Trinajstić information content (AvgIpc) is 2.81. The summed E-state index contributed by atoms with van der Waals surface area (Å²) in [4.78, 5) is 13.1. The fraction of sp³-hybridized carbons (Fsp3) is 0.500. The van der Waals surface area contributed by atoms with Crippen molar-refractivity contribution in [2.75, 3.05) is 26.2 Å². The molecule has 1 aromatic rings. The van der Waals surface area contributed by atoms with Crippen molar-refractivity contribution in [3.63, 3.8) is 0 Å². The summed E-state index contributed by atoms with van der Waals surface area (Å²) in [5, 5.41) is 6.16. The Balaban J connectivity index is 1.66. The number of urea groups is 1. The van der Waals surface area contributed by atoms with Gasteiger partial charge in [0.05, 0.1) is 0 Å². The van der Waals surface area contributed by atoms with E-state index in [0.717, 1.165) is 39.1 Å². The van der Waals surface area contributed by atoms with Crippen LogP contribution in [0, 0.1) is 0 Å². The Labute approximate surface area is 108 Å². The molecule has 1 aliphatic heterocycles. The molecular weight excluding hydrogens is 226 g/mol. The molecule has 1 aliphatic rings. The number of aryl methyl sites for hydroxylation is 1. The molecule has 0 radical (unpaired) electrons. The Kier molecular flexibility index (Phi) is 4.59. The highest BCUT2D eigenvalue weighted by atomic mass is 16.2. The monoisotopic (exact) mass is 247 g/mol. The Hall–Kier alpha value is -1.55. The zero-order valence-electron chi connectivity index (χ0n) is 10.9. The van der Waals surface area contributed by atoms with Crippen molar-refractivity contribution in [2.24, 2.45) is 0 Å². The lowest BCUT2D eigenvalue weighted by atomic mass is 10.1. The van der Waals surface area contributed by atoms with Gasteiger partial charge in [0.25, 0.3) is 0 Å². The average molecular weight is 247 g/mol. The molecule has 0 spiro atoms. The van der Waals surface area contributed by atoms with E-state index in [9.17, 15) is 4.79 Å². The van der Waals surface area contributed by atoms with Crippen LogP contribution in [0.2, 0.25) is 0 Å². The van der Waals surface area contributed by atoms with Crippen LogP contribution in [-0.4, -0.2) is 37.1 Å². The molecule has 18 heavy (non-hydrogen) atoms. The number of nitrogens with zero attached hydrogens (tertiary/aromatic N) is 1. The van der Waals surface area contributed by atoms with Crippen molar-refractivity contribution in [1.29, 1.82) is 0 Å². The molecular formula is C14H21N3O. The number of hydrogen-bond donors (Lipinski definition) is 2. The fourth-order valence-electron chi connectivity index (χ4n) is 2.06. The number of nitrogens with one attached hydrogen (secondary N) is 2. The van der Waals surface area contributed by atoms with Gasteiger partial charge < -0.3 is 15.5 Å². The molecule has 1 saturated heterocycles. The van der Waals surface area contributed by atoms with Gasteiger partial charge >= 0.3 is 6.03 Å². The minimum atomic E-state index is 0.0594. The Morgan fingerprint density at radius 3 is 2.61 bits per heavy atom. The number of benzene rings is 1. The number of rotatable bonds is 6. The van der Waals surface area contributed by atoms with E-state index in [0.29, 0.717) is 0 Å². The molecule has 4 nitrogen and oxygen atoms in total. The molecule has 0 aliphatic carbocycles. The molecule has 1 fully saturated rings. The van der Waals surface area contributed by atoms with Crippen LogP contribution in [0.15, 0.2) is 24.3 Å². The van der Waals surface area contributed by atoms with Gasteiger partial charge in [0.1, 0.15) is 0 Å². The normalized spacial score (nSPS) is 14.9. The lowest BCUT2D eigenvalue weighted by Gasteiger charge is -2.14. The summed E-state index contributed by atoms with van der Waals surface area (Å²) in [6.45, 7) is 6.23. The Morgan fingerprint density at radius 1 is 1.28 bits per heavy atom. The number of hydrogen-bond acceptors (Lipinski definition) is 2. The van der Waals surface area contributed by atoms with Crippen LogP contribution in [0.1, 0.15) is 18.1 Å². The van der Waals surface area contributed by atoms with Crippen LogP contribution in [0.3, 0.4) is 0 Å². The second-order valence-electron chi connectivity index (χ2n) is 4.57. The predicted molar refractivity (Wildman–Crippen MR) is 72.5 cm³/mol. The lowest BCUT2D eigenvalue weighted by molar-refractivity contribution is 0.217. The SMILES string of the molecule is CCc1ccc(CNCCN2CCNC2=O)cc1. The van der Waals surface area contributed by atoms with E-state index in [2.05, 4.69) is 41.8 Å². The van der Waals surface area contributed by atoms with Crippen molar-refractivity contribution in [1.82, 2.24) is 15.5 Å². The van der Waals surface area contributed by atoms with Crippen molar-refractivity contribution in [3.8, 4) is 0 Å². The maximum Gasteiger partial charge on any atom is 0.317 e. The second-order valence-corrected chi connectivity index (χ2v) is 4.57. The largest absolute Gasteiger partial charge is 0.336 e. The van der Waals surface area contributed by atoms with Gasteiger partial charge in [-0.25, -0.2) is 4.79 Å². The highest BCUT2D eigenvalue weighted by Gasteiger charge is 2.17. The molecule has 2 rings (SSSR count). The summed E-state index contributed by atoms with van der Waals surface area (Å²) in [7, 11) is 0. The molecule has 0 bridgehead atoms. The van der Waals surface area contributed by atoms with Crippen molar-refractivity contribution in [3.05, 3.63) is 35.4 Å². The van der Waals surface area contributed by atoms with Gasteiger partial charge in [-0.05, 0) is 17.5 Å². The molecule has 4 heteroatoms. The van der Waals surface area contributed by atoms with E-state index >= 15 is 0 Å². The van der Waals surface area contributed by atoms with Crippen LogP contribution in [-0.2, 0) is 13.0 Å². The van der Waals surface area contributed by atoms with Crippen LogP contribution < -0.4 is 10.6 Å². The summed E-state index contributed by atoms with van der Waals surface area (Å²) in [5.74, 6) is 0. The quantitative estimate of drug-likeness (QED) is 0.746. The van der Waals surface area contributed by atoms with Crippen LogP contribution in [0.5, 0.6) is 0 Å². The molecule has 98 valence electrons. The highest BCUT2D eigenvalue weighted by Crippen LogP contribution is 2.04. The smallest absolute Gasteiger partial charge is 0.317 e. The topological polar surface area (TPSA) is 44.4 Å². The van der Waals surface area contributed by atoms with Gasteiger partial charge in [0.2, 0.25) is 0 Å². The first-order valence-electron chi connectivity index (χ1n) is 6.61. The van der Waals surface area contributed by atoms with Crippen molar-refractivity contribution < 1.29 is 4.79 Å². The Bertz CT molecular complexity index is 389. The zero-order chi connectivity index (χ0) is 12.8. The molecule has 1 heterocycles. The van der Waals surface area contributed by atoms with Gasteiger partial charge in [-0.1, -0.05) is 31.2 Å². The first-order valence-corrected chi connectivity index (χ1v) is 6.61. The molecule has 2 amide bonds. The third-order valence-corrected chi connectivity index (χ3v) is 3.26. The van der Waals surface area contributed by atoms with Gasteiger partial charge in [0, 0.05) is 32.7 Å². The minimum absolute atomic E-state index is 0.0594. The first kappa shape index (κ1) is 12.9. The first-order chi connectivity index (χ1) is 8.79. The molecule has 0 saturated carbocycles. The zero-order valence-corrected chi connectivity index (χ0v) is 10.9. The Morgan fingerprint density at radius 2 is 2.00 bits per heavy atom. The second kappa shape index (κ2) is 6.40. The van der Waals surface area contributed by atoms with Crippen LogP contribution >= 0.6 is 0 Å². The molecule has 0 aromatic heterocycles. The van der Waals surface area contributed by atoms with Crippen LogP contribution in [0.25, 0.3) is 0 Å². The van der Waals surface area contributed by atoms with Gasteiger partial charge in [-0.2, -0.15) is 0 Å². The standard InChI is InChI=1S/C14H21N3O/c1-2-12-3-5-13(6-4-12)11-15-7-9-17-10-8-16-14(17)18/h3-6,15H,2,7-11H2,1H3,(H,16,18). The molecule has 0 atom stereocenters. The van der Waals surface area contributed by atoms with E-state index in [-0.39, 0.29) is 6.03 Å². The maximum atomic E-state index is 11.3. The van der Waals surface area contributed by atoms with E-state index in [1.54, 1.807) is 0 Å². The van der Waals surface area contributed by atoms with E-state index < -0.39 is 0 Å². The van der Waals surface area contributed by atoms with E-state index in [1.807, 2.05) is 4.90 Å². The van der Waals surface area contributed by atoms with E-state index in [4.69, 9.17) is 0 Å². The highest BCUT2D eigenvalue weighted by molar-refractivity contribution is 5.76. The summed E-state index contributed by atoms with van der Waals surface area (Å²) in [5.41, 5.74) is 2.66. The summed E-state index contributed by atoms with van der Waals surface area (Å²) >= 11 is 0. The number of carbonyl (C=O) groups is 1. The van der Waals surface area contributed by atoms with Crippen molar-refractivity contribution >= 4 is 6.03 Å². The minimum Gasteiger partial charge on any atom is -0.336 e. The van der Waals surface area contributed by atoms with Gasteiger partial charge in [-0.15, -0.1) is 0 Å². The molecule has 2 N–H and O–H groups in total. The summed E-state index contributed by atoms with van der Waals surface area (Å²) in [6, 6.07) is 8.72. The molecule has 1 aromatic carbocycles. The van der Waals surface area contributed by atoms with Crippen LogP contribution in [0.4, 0.5) is 4.79 Å². The summed E-state index contributed by atoms with van der Waals surface area (Å²) < 4.78 is 0. The van der Waals surface area contributed by atoms with Crippen molar-refractivity contribution in [2.45, 2.75) is 19.9 Å². The number of carbonyl (C=O) groups excluding carboxylic acids is 1. The van der Waals surface area contributed by atoms with Gasteiger partial charge in [0.15, 0.2) is 0 Å².